The molecule has 1 aliphatic rings. The number of carbonyl (C=O) groups excluding carboxylic acids is 1. The van der Waals surface area contributed by atoms with Gasteiger partial charge in [0, 0.05) is 0 Å². The molecule has 1 saturated heterocycles. The van der Waals surface area contributed by atoms with Crippen LogP contribution in [-0.4, -0.2) is 11.1 Å². The number of thiophene rings is 1. The normalized spacial score (nSPS) is 18.8. The van der Waals surface area contributed by atoms with Crippen LogP contribution in [0, 0.1) is 6.92 Å². The number of benzene rings is 1. The smallest absolute Gasteiger partial charge is 0.264 e. The molecule has 2 heterocycles. The molecule has 0 saturated carbocycles. The first kappa shape index (κ1) is 13.1. The Balaban J connectivity index is 1.83. The summed E-state index contributed by atoms with van der Waals surface area (Å²) in [6.45, 7) is 2.02. The second-order valence-corrected chi connectivity index (χ2v) is 6.19. The van der Waals surface area contributed by atoms with E-state index >= 15 is 0 Å². The van der Waals surface area contributed by atoms with Gasteiger partial charge in [0.15, 0.2) is 5.17 Å². The van der Waals surface area contributed by atoms with E-state index in [9.17, 15) is 4.79 Å². The monoisotopic (exact) mass is 300 g/mol. The number of aliphatic imine (C=N–C) groups is 1. The van der Waals surface area contributed by atoms with Gasteiger partial charge in [-0.15, -0.1) is 0 Å². The zero-order valence-corrected chi connectivity index (χ0v) is 12.4. The summed E-state index contributed by atoms with van der Waals surface area (Å²) < 4.78 is 0. The van der Waals surface area contributed by atoms with Gasteiger partial charge in [-0.3, -0.25) is 4.79 Å². The van der Waals surface area contributed by atoms with Crippen LogP contribution in [0.3, 0.4) is 0 Å². The maximum Gasteiger partial charge on any atom is 0.264 e. The Morgan fingerprint density at radius 3 is 2.95 bits per heavy atom. The molecule has 3 nitrogen and oxygen atoms in total. The Kier molecular flexibility index (Phi) is 3.71. The number of hydrogen-bond donors (Lipinski definition) is 1. The van der Waals surface area contributed by atoms with Gasteiger partial charge >= 0.3 is 0 Å². The summed E-state index contributed by atoms with van der Waals surface area (Å²) in [7, 11) is 0. The van der Waals surface area contributed by atoms with Crippen molar-refractivity contribution in [3.05, 3.63) is 57.1 Å². The number of aryl methyl sites for hydroxylation is 1. The van der Waals surface area contributed by atoms with Crippen LogP contribution in [0.2, 0.25) is 0 Å². The van der Waals surface area contributed by atoms with Crippen molar-refractivity contribution >= 4 is 45.9 Å². The first-order chi connectivity index (χ1) is 9.70. The molecule has 0 atom stereocenters. The van der Waals surface area contributed by atoms with Crippen molar-refractivity contribution in [3.63, 3.8) is 0 Å². The lowest BCUT2D eigenvalue weighted by Crippen LogP contribution is -2.19. The van der Waals surface area contributed by atoms with Crippen molar-refractivity contribution in [2.75, 3.05) is 0 Å². The summed E-state index contributed by atoms with van der Waals surface area (Å²) in [6, 6.07) is 9.87. The number of hydrogen-bond acceptors (Lipinski definition) is 4. The number of thioether (sulfide) groups is 1. The van der Waals surface area contributed by atoms with Crippen molar-refractivity contribution in [3.8, 4) is 0 Å². The molecule has 20 heavy (non-hydrogen) atoms. The lowest BCUT2D eigenvalue weighted by Gasteiger charge is -1.97. The van der Waals surface area contributed by atoms with Gasteiger partial charge in [0.25, 0.3) is 5.91 Å². The van der Waals surface area contributed by atoms with E-state index in [-0.39, 0.29) is 5.91 Å². The highest BCUT2D eigenvalue weighted by Crippen LogP contribution is 2.28. The number of amides is 1. The van der Waals surface area contributed by atoms with Crippen molar-refractivity contribution in [2.45, 2.75) is 6.92 Å². The molecule has 1 aromatic heterocycles. The Labute approximate surface area is 125 Å². The molecule has 2 aromatic rings. The van der Waals surface area contributed by atoms with Crippen molar-refractivity contribution < 1.29 is 4.79 Å². The van der Waals surface area contributed by atoms with Gasteiger partial charge in [0.2, 0.25) is 0 Å². The molecule has 100 valence electrons. The zero-order valence-electron chi connectivity index (χ0n) is 10.8. The van der Waals surface area contributed by atoms with Gasteiger partial charge in [-0.2, -0.15) is 11.3 Å². The maximum atomic E-state index is 11.9. The minimum Gasteiger partial charge on any atom is -0.300 e. The molecular formula is C15H12N2OS2. The molecule has 1 fully saturated rings. The fraction of sp³-hybridized carbons (Fsp3) is 0.0667. The summed E-state index contributed by atoms with van der Waals surface area (Å²) in [4.78, 5) is 17.0. The van der Waals surface area contributed by atoms with Crippen LogP contribution in [0.5, 0.6) is 0 Å². The van der Waals surface area contributed by atoms with Crippen LogP contribution in [-0.2, 0) is 4.79 Å². The molecule has 0 radical (unpaired) electrons. The number of carbonyl (C=O) groups is 1. The Morgan fingerprint density at radius 1 is 1.30 bits per heavy atom. The van der Waals surface area contributed by atoms with Crippen LogP contribution >= 0.6 is 23.1 Å². The Hall–Kier alpha value is -1.85. The van der Waals surface area contributed by atoms with E-state index in [4.69, 9.17) is 0 Å². The third kappa shape index (κ3) is 3.00. The number of nitrogens with one attached hydrogen (secondary N) is 1. The van der Waals surface area contributed by atoms with Gasteiger partial charge in [0.1, 0.15) is 0 Å². The molecule has 1 amide bonds. The lowest BCUT2D eigenvalue weighted by atomic mass is 10.2. The average Bonchev–Trinajstić information content (AvgIpc) is 3.01. The van der Waals surface area contributed by atoms with Crippen molar-refractivity contribution in [1.82, 2.24) is 5.32 Å². The second-order valence-electron chi connectivity index (χ2n) is 4.38. The predicted octanol–water partition coefficient (Wildman–Crippen LogP) is 3.95. The summed E-state index contributed by atoms with van der Waals surface area (Å²) in [6.07, 6.45) is 1.88. The quantitative estimate of drug-likeness (QED) is 0.853. The van der Waals surface area contributed by atoms with Gasteiger partial charge in [0.05, 0.1) is 10.6 Å². The summed E-state index contributed by atoms with van der Waals surface area (Å²) in [5, 5.41) is 7.42. The van der Waals surface area contributed by atoms with Crippen LogP contribution in [0.1, 0.15) is 11.1 Å². The van der Waals surface area contributed by atoms with Crippen LogP contribution < -0.4 is 5.32 Å². The lowest BCUT2D eigenvalue weighted by molar-refractivity contribution is -0.115. The molecular weight excluding hydrogens is 288 g/mol. The van der Waals surface area contributed by atoms with Crippen LogP contribution in [0.25, 0.3) is 6.08 Å². The van der Waals surface area contributed by atoms with E-state index in [0.29, 0.717) is 10.1 Å². The molecule has 0 bridgehead atoms. The molecule has 3 rings (SSSR count). The highest BCUT2D eigenvalue weighted by molar-refractivity contribution is 8.18. The molecule has 1 aliphatic heterocycles. The molecule has 0 unspecified atom stereocenters. The zero-order chi connectivity index (χ0) is 13.9. The third-order valence-corrected chi connectivity index (χ3v) is 4.34. The first-order valence-electron chi connectivity index (χ1n) is 6.09. The van der Waals surface area contributed by atoms with Gasteiger partial charge < -0.3 is 5.32 Å². The highest BCUT2D eigenvalue weighted by Gasteiger charge is 2.23. The predicted molar refractivity (Wildman–Crippen MR) is 86.3 cm³/mol. The van der Waals surface area contributed by atoms with E-state index in [1.54, 1.807) is 11.3 Å². The SMILES string of the molecule is Cc1cccc(N=C2NC(=O)C(=Cc3ccsc3)S2)c1. The van der Waals surface area contributed by atoms with E-state index in [2.05, 4.69) is 10.3 Å². The number of rotatable bonds is 2. The summed E-state index contributed by atoms with van der Waals surface area (Å²) >= 11 is 2.99. The molecule has 1 N–H and O–H groups in total. The largest absolute Gasteiger partial charge is 0.300 e. The van der Waals surface area contributed by atoms with Crippen molar-refractivity contribution in [2.24, 2.45) is 4.99 Å². The first-order valence-corrected chi connectivity index (χ1v) is 7.85. The molecule has 1 aromatic carbocycles. The highest BCUT2D eigenvalue weighted by atomic mass is 32.2. The maximum absolute atomic E-state index is 11.9. The number of nitrogens with zero attached hydrogens (tertiary/aromatic N) is 1. The van der Waals surface area contributed by atoms with Crippen LogP contribution in [0.4, 0.5) is 5.69 Å². The average molecular weight is 300 g/mol. The Morgan fingerprint density at radius 2 is 2.20 bits per heavy atom. The Bertz CT molecular complexity index is 702. The van der Waals surface area contributed by atoms with E-state index in [1.165, 1.54) is 11.8 Å². The van der Waals surface area contributed by atoms with Gasteiger partial charge in [-0.25, -0.2) is 4.99 Å². The molecule has 0 spiro atoms. The fourth-order valence-electron chi connectivity index (χ4n) is 1.80. The van der Waals surface area contributed by atoms with E-state index in [0.717, 1.165) is 16.8 Å². The minimum absolute atomic E-state index is 0.0902. The molecule has 0 aliphatic carbocycles. The third-order valence-electron chi connectivity index (χ3n) is 2.72. The topological polar surface area (TPSA) is 41.5 Å². The van der Waals surface area contributed by atoms with Gasteiger partial charge in [-0.05, 0) is 64.8 Å². The van der Waals surface area contributed by atoms with E-state index in [1.807, 2.05) is 54.1 Å². The fourth-order valence-corrected chi connectivity index (χ4v) is 3.26. The second kappa shape index (κ2) is 5.64. The van der Waals surface area contributed by atoms with Gasteiger partial charge in [-0.1, -0.05) is 12.1 Å². The summed E-state index contributed by atoms with van der Waals surface area (Å²) in [5.74, 6) is -0.0902. The minimum atomic E-state index is -0.0902. The van der Waals surface area contributed by atoms with E-state index < -0.39 is 0 Å². The summed E-state index contributed by atoms with van der Waals surface area (Å²) in [5.41, 5.74) is 3.05. The van der Waals surface area contributed by atoms with Crippen molar-refractivity contribution in [1.29, 1.82) is 0 Å². The van der Waals surface area contributed by atoms with Crippen LogP contribution in [0.15, 0.2) is 51.0 Å². The molecule has 5 heteroatoms. The standard InChI is InChI=1S/C15H12N2OS2/c1-10-3-2-4-12(7-10)16-15-17-14(18)13(20-15)8-11-5-6-19-9-11/h2-9H,1H3,(H,16,17,18). The number of amidine groups is 1.